The van der Waals surface area contributed by atoms with Crippen LogP contribution in [0.25, 0.3) is 0 Å². The SMILES string of the molecule is CC(=O)c1ccc(OCC2CN(C(=O)CO/N=C(/C)c3cccs3)CCO2)cc1F. The molecule has 0 bridgehead atoms. The minimum atomic E-state index is -0.628. The zero-order chi connectivity index (χ0) is 21.5. The lowest BCUT2D eigenvalue weighted by Crippen LogP contribution is -2.48. The van der Waals surface area contributed by atoms with E-state index in [1.165, 1.54) is 25.1 Å². The molecular formula is C21H23FN2O5S. The van der Waals surface area contributed by atoms with Crippen molar-refractivity contribution in [3.63, 3.8) is 0 Å². The first-order chi connectivity index (χ1) is 14.4. The normalized spacial score (nSPS) is 17.0. The Morgan fingerprint density at radius 2 is 2.17 bits per heavy atom. The largest absolute Gasteiger partial charge is 0.491 e. The number of Topliss-reactive ketones (excluding diaryl/α,β-unsaturated/α-hetero) is 1. The molecule has 30 heavy (non-hydrogen) atoms. The van der Waals surface area contributed by atoms with Crippen LogP contribution in [0.5, 0.6) is 5.75 Å². The number of ether oxygens (including phenoxy) is 2. The number of rotatable bonds is 8. The number of carbonyl (C=O) groups is 2. The van der Waals surface area contributed by atoms with Gasteiger partial charge in [-0.05, 0) is 37.4 Å². The second-order valence-electron chi connectivity index (χ2n) is 6.77. The van der Waals surface area contributed by atoms with E-state index in [0.717, 1.165) is 4.88 Å². The van der Waals surface area contributed by atoms with Gasteiger partial charge in [0, 0.05) is 12.6 Å². The fourth-order valence-electron chi connectivity index (χ4n) is 2.91. The predicted molar refractivity (Wildman–Crippen MR) is 111 cm³/mol. The van der Waals surface area contributed by atoms with Crippen molar-refractivity contribution in [1.82, 2.24) is 4.90 Å². The van der Waals surface area contributed by atoms with Crippen LogP contribution in [-0.2, 0) is 14.4 Å². The first-order valence-electron chi connectivity index (χ1n) is 9.47. The summed E-state index contributed by atoms with van der Waals surface area (Å²) in [5, 5.41) is 5.93. The fourth-order valence-corrected chi connectivity index (χ4v) is 3.58. The van der Waals surface area contributed by atoms with Crippen molar-refractivity contribution in [3.05, 3.63) is 52.0 Å². The Balaban J connectivity index is 1.46. The number of carbonyl (C=O) groups excluding carboxylic acids is 2. The van der Waals surface area contributed by atoms with Crippen LogP contribution < -0.4 is 4.74 Å². The Hall–Kier alpha value is -2.78. The maximum Gasteiger partial charge on any atom is 0.263 e. The summed E-state index contributed by atoms with van der Waals surface area (Å²) in [6.07, 6.45) is -0.352. The third-order valence-electron chi connectivity index (χ3n) is 4.51. The molecule has 7 nitrogen and oxygen atoms in total. The molecule has 1 aliphatic rings. The number of hydrogen-bond donors (Lipinski definition) is 0. The molecule has 0 saturated carbocycles. The molecule has 1 unspecified atom stereocenters. The number of oxime groups is 1. The molecule has 1 saturated heterocycles. The van der Waals surface area contributed by atoms with E-state index >= 15 is 0 Å². The van der Waals surface area contributed by atoms with Gasteiger partial charge in [0.15, 0.2) is 12.4 Å². The highest BCUT2D eigenvalue weighted by Crippen LogP contribution is 2.18. The van der Waals surface area contributed by atoms with Gasteiger partial charge in [0.05, 0.1) is 29.3 Å². The molecule has 9 heteroatoms. The highest BCUT2D eigenvalue weighted by Gasteiger charge is 2.25. The number of benzene rings is 1. The van der Waals surface area contributed by atoms with Crippen LogP contribution in [-0.4, -0.2) is 61.3 Å². The van der Waals surface area contributed by atoms with Gasteiger partial charge in [0.2, 0.25) is 0 Å². The molecule has 160 valence electrons. The van der Waals surface area contributed by atoms with Crippen LogP contribution in [0, 0.1) is 5.82 Å². The maximum absolute atomic E-state index is 13.9. The van der Waals surface area contributed by atoms with E-state index in [0.29, 0.717) is 31.2 Å². The van der Waals surface area contributed by atoms with Crippen LogP contribution in [0.1, 0.15) is 29.1 Å². The van der Waals surface area contributed by atoms with Crippen molar-refractivity contribution in [2.45, 2.75) is 20.0 Å². The molecule has 3 rings (SSSR count). The van der Waals surface area contributed by atoms with Gasteiger partial charge in [-0.25, -0.2) is 4.39 Å². The van der Waals surface area contributed by atoms with E-state index < -0.39 is 5.82 Å². The second-order valence-corrected chi connectivity index (χ2v) is 7.72. The lowest BCUT2D eigenvalue weighted by atomic mass is 10.1. The van der Waals surface area contributed by atoms with Gasteiger partial charge in [-0.1, -0.05) is 11.2 Å². The molecule has 1 aromatic carbocycles. The summed E-state index contributed by atoms with van der Waals surface area (Å²) in [6, 6.07) is 7.95. The van der Waals surface area contributed by atoms with Crippen LogP contribution in [0.3, 0.4) is 0 Å². The molecule has 2 aromatic rings. The quantitative estimate of drug-likeness (QED) is 0.362. The summed E-state index contributed by atoms with van der Waals surface area (Å²) >= 11 is 1.55. The summed E-state index contributed by atoms with van der Waals surface area (Å²) in [5.74, 6) is -0.868. The predicted octanol–water partition coefficient (Wildman–Crippen LogP) is 3.14. The van der Waals surface area contributed by atoms with Gasteiger partial charge in [0.1, 0.15) is 24.3 Å². The van der Waals surface area contributed by atoms with Crippen LogP contribution >= 0.6 is 11.3 Å². The summed E-state index contributed by atoms with van der Waals surface area (Å²) in [6.45, 7) is 4.28. The molecule has 2 heterocycles. The van der Waals surface area contributed by atoms with E-state index in [1.807, 2.05) is 24.4 Å². The Kier molecular flexibility index (Phi) is 7.53. The topological polar surface area (TPSA) is 77.4 Å². The van der Waals surface area contributed by atoms with Crippen molar-refractivity contribution < 1.29 is 28.3 Å². The van der Waals surface area contributed by atoms with Crippen molar-refractivity contribution in [2.24, 2.45) is 5.16 Å². The van der Waals surface area contributed by atoms with Gasteiger partial charge in [-0.3, -0.25) is 9.59 Å². The molecule has 0 radical (unpaired) electrons. The molecule has 0 aliphatic carbocycles. The van der Waals surface area contributed by atoms with Crippen LogP contribution in [0.4, 0.5) is 4.39 Å². The summed E-state index contributed by atoms with van der Waals surface area (Å²) in [7, 11) is 0. The van der Waals surface area contributed by atoms with Crippen LogP contribution in [0.15, 0.2) is 40.9 Å². The third-order valence-corrected chi connectivity index (χ3v) is 5.49. The monoisotopic (exact) mass is 434 g/mol. The molecule has 0 spiro atoms. The average molecular weight is 434 g/mol. The smallest absolute Gasteiger partial charge is 0.263 e. The minimum absolute atomic E-state index is 0.0185. The minimum Gasteiger partial charge on any atom is -0.491 e. The Morgan fingerprint density at radius 1 is 1.33 bits per heavy atom. The Labute approximate surface area is 178 Å². The molecule has 1 fully saturated rings. The van der Waals surface area contributed by atoms with Gasteiger partial charge >= 0.3 is 0 Å². The highest BCUT2D eigenvalue weighted by molar-refractivity contribution is 7.12. The summed E-state index contributed by atoms with van der Waals surface area (Å²) in [5.41, 5.74) is 0.735. The fraction of sp³-hybridized carbons (Fsp3) is 0.381. The highest BCUT2D eigenvalue weighted by atomic mass is 32.1. The molecular weight excluding hydrogens is 411 g/mol. The van der Waals surface area contributed by atoms with Crippen molar-refractivity contribution in [2.75, 3.05) is 32.9 Å². The Bertz CT molecular complexity index is 916. The van der Waals surface area contributed by atoms with Gasteiger partial charge in [-0.15, -0.1) is 11.3 Å². The number of morpholine rings is 1. The van der Waals surface area contributed by atoms with E-state index in [-0.39, 0.29) is 36.6 Å². The molecule has 1 aliphatic heterocycles. The third kappa shape index (κ3) is 5.87. The van der Waals surface area contributed by atoms with E-state index in [9.17, 15) is 14.0 Å². The second kappa shape index (κ2) is 10.3. The van der Waals surface area contributed by atoms with Gasteiger partial charge in [-0.2, -0.15) is 0 Å². The van der Waals surface area contributed by atoms with Gasteiger partial charge in [0.25, 0.3) is 5.91 Å². The van der Waals surface area contributed by atoms with Crippen LogP contribution in [0.2, 0.25) is 0 Å². The molecule has 1 atom stereocenters. The summed E-state index contributed by atoms with van der Waals surface area (Å²) < 4.78 is 25.1. The lowest BCUT2D eigenvalue weighted by molar-refractivity contribution is -0.144. The van der Waals surface area contributed by atoms with E-state index in [4.69, 9.17) is 14.3 Å². The zero-order valence-electron chi connectivity index (χ0n) is 16.8. The van der Waals surface area contributed by atoms with Crippen molar-refractivity contribution >= 4 is 28.7 Å². The zero-order valence-corrected chi connectivity index (χ0v) is 17.6. The lowest BCUT2D eigenvalue weighted by Gasteiger charge is -2.32. The number of nitrogens with zero attached hydrogens (tertiary/aromatic N) is 2. The summed E-state index contributed by atoms with van der Waals surface area (Å²) in [4.78, 5) is 31.5. The van der Waals surface area contributed by atoms with Crippen molar-refractivity contribution in [3.8, 4) is 5.75 Å². The average Bonchev–Trinajstić information content (AvgIpc) is 3.27. The van der Waals surface area contributed by atoms with E-state index in [2.05, 4.69) is 5.16 Å². The number of ketones is 1. The number of hydrogen-bond acceptors (Lipinski definition) is 7. The first kappa shape index (κ1) is 21.9. The molecule has 0 N–H and O–H groups in total. The number of thiophene rings is 1. The first-order valence-corrected chi connectivity index (χ1v) is 10.3. The molecule has 1 aromatic heterocycles. The van der Waals surface area contributed by atoms with Crippen molar-refractivity contribution in [1.29, 1.82) is 0 Å². The Morgan fingerprint density at radius 3 is 2.87 bits per heavy atom. The maximum atomic E-state index is 13.9. The van der Waals surface area contributed by atoms with Gasteiger partial charge < -0.3 is 19.2 Å². The number of amides is 1. The van der Waals surface area contributed by atoms with E-state index in [1.54, 1.807) is 16.2 Å². The number of halogens is 1. The standard InChI is InChI=1S/C21H23FN2O5S/c1-14(20-4-3-9-30-20)23-29-13-21(26)24-7-8-27-17(11-24)12-28-16-5-6-18(15(2)25)19(22)10-16/h3-6,9-10,17H,7-8,11-13H2,1-2H3/b23-14-. The molecule has 1 amide bonds.